The highest BCUT2D eigenvalue weighted by atomic mass is 32.2. The van der Waals surface area contributed by atoms with Gasteiger partial charge in [0.15, 0.2) is 15.7 Å². The minimum absolute atomic E-state index is 0.0961. The number of rotatable bonds is 4. The van der Waals surface area contributed by atoms with Crippen LogP contribution in [0.25, 0.3) is 0 Å². The van der Waals surface area contributed by atoms with E-state index in [9.17, 15) is 13.5 Å². The molecule has 0 atom stereocenters. The lowest BCUT2D eigenvalue weighted by Crippen LogP contribution is -2.61. The lowest BCUT2D eigenvalue weighted by molar-refractivity contribution is -0.0115. The van der Waals surface area contributed by atoms with Crippen molar-refractivity contribution in [2.75, 3.05) is 43.1 Å². The molecule has 0 saturated carbocycles. The Labute approximate surface area is 149 Å². The summed E-state index contributed by atoms with van der Waals surface area (Å²) in [5, 5.41) is 19.4. The van der Waals surface area contributed by atoms with E-state index in [1.165, 1.54) is 12.0 Å². The summed E-state index contributed by atoms with van der Waals surface area (Å²) in [7, 11) is -0.942. The molecule has 0 radical (unpaired) electrons. The van der Waals surface area contributed by atoms with Crippen LogP contribution in [-0.2, 0) is 22.7 Å². The molecule has 2 saturated heterocycles. The molecule has 138 valence electrons. The molecule has 4 rings (SSSR count). The van der Waals surface area contributed by atoms with Gasteiger partial charge >= 0.3 is 0 Å². The SMILES string of the molecule is CN(CC1(O)CCS(=O)(=O)CC1)C1CN(c2cc3c(nn2)CCC3)C1. The first-order valence-corrected chi connectivity index (χ1v) is 10.9. The quantitative estimate of drug-likeness (QED) is 0.804. The number of hydrogen-bond acceptors (Lipinski definition) is 7. The maximum Gasteiger partial charge on any atom is 0.151 e. The van der Waals surface area contributed by atoms with E-state index >= 15 is 0 Å². The highest BCUT2D eigenvalue weighted by Gasteiger charge is 2.39. The molecule has 0 aromatic carbocycles. The summed E-state index contributed by atoms with van der Waals surface area (Å²) < 4.78 is 23.1. The van der Waals surface area contributed by atoms with Crippen molar-refractivity contribution in [2.45, 2.75) is 43.7 Å². The van der Waals surface area contributed by atoms with E-state index in [1.807, 2.05) is 7.05 Å². The molecule has 2 aliphatic heterocycles. The van der Waals surface area contributed by atoms with E-state index in [0.717, 1.165) is 37.4 Å². The number of fused-ring (bicyclic) bond motifs is 1. The summed E-state index contributed by atoms with van der Waals surface area (Å²) >= 11 is 0. The van der Waals surface area contributed by atoms with Gasteiger partial charge < -0.3 is 10.0 Å². The van der Waals surface area contributed by atoms with Gasteiger partial charge in [0, 0.05) is 25.7 Å². The van der Waals surface area contributed by atoms with E-state index in [4.69, 9.17) is 0 Å². The van der Waals surface area contributed by atoms with Crippen LogP contribution in [0.15, 0.2) is 6.07 Å². The molecule has 1 N–H and O–H groups in total. The lowest BCUT2D eigenvalue weighted by Gasteiger charge is -2.47. The van der Waals surface area contributed by atoms with Crippen LogP contribution in [0.1, 0.15) is 30.5 Å². The van der Waals surface area contributed by atoms with Crippen LogP contribution < -0.4 is 4.90 Å². The highest BCUT2D eigenvalue weighted by molar-refractivity contribution is 7.91. The van der Waals surface area contributed by atoms with Crippen LogP contribution >= 0.6 is 0 Å². The first-order chi connectivity index (χ1) is 11.8. The smallest absolute Gasteiger partial charge is 0.151 e. The van der Waals surface area contributed by atoms with Crippen molar-refractivity contribution in [3.63, 3.8) is 0 Å². The van der Waals surface area contributed by atoms with Crippen LogP contribution in [0.3, 0.4) is 0 Å². The molecule has 7 nitrogen and oxygen atoms in total. The largest absolute Gasteiger partial charge is 0.388 e. The van der Waals surface area contributed by atoms with Crippen LogP contribution in [0.5, 0.6) is 0 Å². The van der Waals surface area contributed by atoms with Gasteiger partial charge in [-0.2, -0.15) is 5.10 Å². The molecule has 3 aliphatic rings. The molecular weight excluding hydrogens is 340 g/mol. The Balaban J connectivity index is 1.31. The predicted molar refractivity (Wildman–Crippen MR) is 95.5 cm³/mol. The fourth-order valence-electron chi connectivity index (χ4n) is 4.06. The Kier molecular flexibility index (Phi) is 4.24. The van der Waals surface area contributed by atoms with Crippen LogP contribution in [0.4, 0.5) is 5.82 Å². The van der Waals surface area contributed by atoms with Gasteiger partial charge in [0.05, 0.1) is 22.8 Å². The number of anilines is 1. The molecule has 8 heteroatoms. The van der Waals surface area contributed by atoms with Gasteiger partial charge in [0.25, 0.3) is 0 Å². The number of likely N-dealkylation sites (N-methyl/N-ethyl adjacent to an activating group) is 1. The van der Waals surface area contributed by atoms with E-state index < -0.39 is 15.4 Å². The average molecular weight is 366 g/mol. The van der Waals surface area contributed by atoms with Crippen LogP contribution in [0.2, 0.25) is 0 Å². The first-order valence-electron chi connectivity index (χ1n) is 9.07. The molecule has 1 aromatic rings. The molecular formula is C17H26N4O3S. The van der Waals surface area contributed by atoms with Gasteiger partial charge in [0.2, 0.25) is 0 Å². The fourth-order valence-corrected chi connectivity index (χ4v) is 5.65. The van der Waals surface area contributed by atoms with Crippen molar-refractivity contribution in [3.8, 4) is 0 Å². The normalized spacial score (nSPS) is 25.0. The van der Waals surface area contributed by atoms with Crippen molar-refractivity contribution in [3.05, 3.63) is 17.3 Å². The maximum absolute atomic E-state index is 11.6. The first kappa shape index (κ1) is 17.2. The number of aromatic nitrogens is 2. The van der Waals surface area contributed by atoms with E-state index in [-0.39, 0.29) is 11.5 Å². The van der Waals surface area contributed by atoms with E-state index in [2.05, 4.69) is 26.1 Å². The van der Waals surface area contributed by atoms with Gasteiger partial charge in [-0.25, -0.2) is 8.42 Å². The number of aliphatic hydroxyl groups is 1. The molecule has 0 unspecified atom stereocenters. The average Bonchev–Trinajstić information content (AvgIpc) is 2.97. The third kappa shape index (κ3) is 3.52. The summed E-state index contributed by atoms with van der Waals surface area (Å²) in [6.45, 7) is 2.27. The molecule has 0 amide bonds. The van der Waals surface area contributed by atoms with Gasteiger partial charge in [0.1, 0.15) is 0 Å². The number of aryl methyl sites for hydroxylation is 2. The molecule has 3 heterocycles. The van der Waals surface area contributed by atoms with Crippen LogP contribution in [-0.4, -0.2) is 78.5 Å². The molecule has 25 heavy (non-hydrogen) atoms. The number of sulfone groups is 1. The van der Waals surface area contributed by atoms with Crippen molar-refractivity contribution < 1.29 is 13.5 Å². The Morgan fingerprint density at radius 1 is 1.28 bits per heavy atom. The molecule has 0 bridgehead atoms. The molecule has 1 aliphatic carbocycles. The van der Waals surface area contributed by atoms with Crippen molar-refractivity contribution in [2.24, 2.45) is 0 Å². The Morgan fingerprint density at radius 3 is 2.72 bits per heavy atom. The Morgan fingerprint density at radius 2 is 2.00 bits per heavy atom. The Hall–Kier alpha value is -1.25. The lowest BCUT2D eigenvalue weighted by atomic mass is 9.94. The standard InChI is InChI=1S/C17H26N4O3S/c1-20(12-17(22)5-7-25(23,24)8-6-17)14-10-21(11-14)16-9-13-3-2-4-15(13)18-19-16/h9,14,22H,2-8,10-12H2,1H3. The van der Waals surface area contributed by atoms with Crippen molar-refractivity contribution in [1.29, 1.82) is 0 Å². The van der Waals surface area contributed by atoms with Gasteiger partial charge in [-0.3, -0.25) is 4.90 Å². The fraction of sp³-hybridized carbons (Fsp3) is 0.765. The minimum Gasteiger partial charge on any atom is -0.388 e. The second-order valence-corrected chi connectivity index (χ2v) is 10.2. The Bertz CT molecular complexity index is 747. The summed E-state index contributed by atoms with van der Waals surface area (Å²) in [4.78, 5) is 4.39. The molecule has 2 fully saturated rings. The highest BCUT2D eigenvalue weighted by Crippen LogP contribution is 2.29. The zero-order chi connectivity index (χ0) is 17.7. The van der Waals surface area contributed by atoms with E-state index in [0.29, 0.717) is 25.4 Å². The van der Waals surface area contributed by atoms with E-state index in [1.54, 1.807) is 0 Å². The van der Waals surface area contributed by atoms with Crippen molar-refractivity contribution in [1.82, 2.24) is 15.1 Å². The van der Waals surface area contributed by atoms with Gasteiger partial charge in [-0.1, -0.05) is 0 Å². The van der Waals surface area contributed by atoms with Gasteiger partial charge in [-0.15, -0.1) is 5.10 Å². The molecule has 0 spiro atoms. The maximum atomic E-state index is 11.6. The molecule has 1 aromatic heterocycles. The predicted octanol–water partition coefficient (Wildman–Crippen LogP) is 0.0254. The van der Waals surface area contributed by atoms with Crippen LogP contribution in [0, 0.1) is 0 Å². The number of hydrogen-bond donors (Lipinski definition) is 1. The summed E-state index contributed by atoms with van der Waals surface area (Å²) in [5.41, 5.74) is 1.60. The number of nitrogens with zero attached hydrogens (tertiary/aromatic N) is 4. The third-order valence-electron chi connectivity index (χ3n) is 5.92. The topological polar surface area (TPSA) is 86.6 Å². The summed E-state index contributed by atoms with van der Waals surface area (Å²) in [6.07, 6.45) is 4.00. The van der Waals surface area contributed by atoms with Crippen molar-refractivity contribution >= 4 is 15.7 Å². The zero-order valence-electron chi connectivity index (χ0n) is 14.7. The second kappa shape index (κ2) is 6.17. The second-order valence-electron chi connectivity index (χ2n) is 7.88. The monoisotopic (exact) mass is 366 g/mol. The summed E-state index contributed by atoms with van der Waals surface area (Å²) in [6, 6.07) is 2.53. The minimum atomic E-state index is -2.95. The third-order valence-corrected chi connectivity index (χ3v) is 7.57. The van der Waals surface area contributed by atoms with Gasteiger partial charge in [-0.05, 0) is 50.8 Å². The zero-order valence-corrected chi connectivity index (χ0v) is 15.5. The summed E-state index contributed by atoms with van der Waals surface area (Å²) in [5.74, 6) is 1.14.